The van der Waals surface area contributed by atoms with Gasteiger partial charge < -0.3 is 9.72 Å². The van der Waals surface area contributed by atoms with Crippen LogP contribution in [0.15, 0.2) is 16.9 Å². The van der Waals surface area contributed by atoms with E-state index in [4.69, 9.17) is 4.74 Å². The molecule has 1 N–H and O–H groups in total. The van der Waals surface area contributed by atoms with Crippen LogP contribution >= 0.6 is 0 Å². The number of carbonyl (C=O) groups excluding carboxylic acids is 1. The van der Waals surface area contributed by atoms with Gasteiger partial charge in [0.1, 0.15) is 6.10 Å². The summed E-state index contributed by atoms with van der Waals surface area (Å²) in [4.78, 5) is 25.5. The minimum atomic E-state index is -0.341. The number of H-pyrrole nitrogens is 1. The second-order valence-corrected chi connectivity index (χ2v) is 3.79. The number of esters is 1. The van der Waals surface area contributed by atoms with E-state index in [0.29, 0.717) is 11.3 Å². The number of hydrogen-bond donors (Lipinski definition) is 1. The average molecular weight is 207 g/mol. The summed E-state index contributed by atoms with van der Waals surface area (Å²) in [6.45, 7) is 3.91. The summed E-state index contributed by atoms with van der Waals surface area (Å²) in [6, 6.07) is 2.87. The van der Waals surface area contributed by atoms with Crippen LogP contribution in [-0.4, -0.2) is 17.1 Å². The number of nitrogens with one attached hydrogen (secondary N) is 1. The Labute approximate surface area is 87.3 Å². The van der Waals surface area contributed by atoms with Crippen LogP contribution in [-0.2, 0) is 4.74 Å². The van der Waals surface area contributed by atoms with Crippen LogP contribution in [0.2, 0.25) is 0 Å². The number of hydrogen-bond acceptors (Lipinski definition) is 3. The molecule has 0 aliphatic carbocycles. The molecule has 0 fully saturated rings. The lowest BCUT2D eigenvalue weighted by Crippen LogP contribution is -2.32. The number of pyridine rings is 1. The zero-order chi connectivity index (χ0) is 11.0. The topological polar surface area (TPSA) is 59.2 Å². The van der Waals surface area contributed by atoms with Crippen molar-refractivity contribution >= 4 is 5.97 Å². The molecule has 0 bridgehead atoms. The van der Waals surface area contributed by atoms with Crippen LogP contribution in [0, 0.1) is 0 Å². The summed E-state index contributed by atoms with van der Waals surface area (Å²) in [5, 5.41) is 0. The summed E-state index contributed by atoms with van der Waals surface area (Å²) in [7, 11) is 0. The Kier molecular flexibility index (Phi) is 2.34. The van der Waals surface area contributed by atoms with E-state index < -0.39 is 0 Å². The minimum absolute atomic E-state index is 0.0524. The van der Waals surface area contributed by atoms with Gasteiger partial charge in [-0.1, -0.05) is 13.8 Å². The minimum Gasteiger partial charge on any atom is -0.458 e. The fourth-order valence-corrected chi connectivity index (χ4v) is 1.95. The molecule has 15 heavy (non-hydrogen) atoms. The smallest absolute Gasteiger partial charge is 0.340 e. The molecule has 2 heterocycles. The Morgan fingerprint density at radius 3 is 2.80 bits per heavy atom. The van der Waals surface area contributed by atoms with Gasteiger partial charge in [0.25, 0.3) is 0 Å². The van der Waals surface area contributed by atoms with E-state index in [2.05, 4.69) is 4.98 Å². The van der Waals surface area contributed by atoms with Gasteiger partial charge >= 0.3 is 5.97 Å². The van der Waals surface area contributed by atoms with Crippen molar-refractivity contribution in [2.45, 2.75) is 32.3 Å². The molecule has 80 valence electrons. The Morgan fingerprint density at radius 2 is 2.13 bits per heavy atom. The van der Waals surface area contributed by atoms with Gasteiger partial charge in [-0.05, 0) is 12.5 Å². The predicted molar refractivity (Wildman–Crippen MR) is 55.0 cm³/mol. The van der Waals surface area contributed by atoms with Crippen LogP contribution < -0.4 is 5.56 Å². The third-order valence-corrected chi connectivity index (χ3v) is 2.84. The van der Waals surface area contributed by atoms with Gasteiger partial charge in [0.2, 0.25) is 5.56 Å². The van der Waals surface area contributed by atoms with Gasteiger partial charge in [-0.15, -0.1) is 0 Å². The van der Waals surface area contributed by atoms with Crippen LogP contribution in [0.1, 0.15) is 42.2 Å². The van der Waals surface area contributed by atoms with Crippen LogP contribution in [0.4, 0.5) is 0 Å². The lowest BCUT2D eigenvalue weighted by molar-refractivity contribution is 0.0174. The second kappa shape index (κ2) is 3.53. The Hall–Kier alpha value is -1.58. The van der Waals surface area contributed by atoms with E-state index in [9.17, 15) is 9.59 Å². The number of rotatable bonds is 1. The van der Waals surface area contributed by atoms with Crippen LogP contribution in [0.5, 0.6) is 0 Å². The van der Waals surface area contributed by atoms with E-state index >= 15 is 0 Å². The molecular formula is C11H13NO3. The molecule has 0 unspecified atom stereocenters. The molecule has 1 aromatic rings. The maximum atomic E-state index is 11.6. The van der Waals surface area contributed by atoms with Gasteiger partial charge in [0, 0.05) is 17.7 Å². The van der Waals surface area contributed by atoms with Crippen molar-refractivity contribution in [2.24, 2.45) is 0 Å². The second-order valence-electron chi connectivity index (χ2n) is 3.79. The summed E-state index contributed by atoms with van der Waals surface area (Å²) in [6.07, 6.45) is 0.617. The molecule has 0 radical (unpaired) electrons. The van der Waals surface area contributed by atoms with Crippen LogP contribution in [0.25, 0.3) is 0 Å². The molecule has 4 nitrogen and oxygen atoms in total. The SMILES string of the molecule is CC[C@@H]1OC(=O)c2ccc(=O)[nH]c2[C@H]1C. The Balaban J connectivity index is 2.54. The van der Waals surface area contributed by atoms with Gasteiger partial charge in [0.15, 0.2) is 0 Å². The molecule has 2 atom stereocenters. The number of aromatic amines is 1. The van der Waals surface area contributed by atoms with Crippen molar-refractivity contribution in [1.29, 1.82) is 0 Å². The molecule has 0 amide bonds. The number of aromatic nitrogens is 1. The molecule has 0 saturated carbocycles. The third kappa shape index (κ3) is 1.56. The first kappa shape index (κ1) is 9.96. The van der Waals surface area contributed by atoms with E-state index in [1.54, 1.807) is 0 Å². The first-order valence-electron chi connectivity index (χ1n) is 5.07. The summed E-state index contributed by atoms with van der Waals surface area (Å²) >= 11 is 0. The first-order chi connectivity index (χ1) is 7.13. The standard InChI is InChI=1S/C11H13NO3/c1-3-8-6(2)10-7(11(14)15-8)4-5-9(13)12-10/h4-6,8H,3H2,1-2H3,(H,12,13)/t6-,8-/m0/s1. The monoisotopic (exact) mass is 207 g/mol. The first-order valence-corrected chi connectivity index (χ1v) is 5.07. The maximum Gasteiger partial charge on any atom is 0.340 e. The highest BCUT2D eigenvalue weighted by Crippen LogP contribution is 2.29. The fourth-order valence-electron chi connectivity index (χ4n) is 1.95. The number of carbonyl (C=O) groups is 1. The molecule has 0 spiro atoms. The van der Waals surface area contributed by atoms with Crippen molar-refractivity contribution in [2.75, 3.05) is 0 Å². The summed E-state index contributed by atoms with van der Waals surface area (Å²) < 4.78 is 5.25. The Bertz CT molecular complexity index is 449. The highest BCUT2D eigenvalue weighted by Gasteiger charge is 2.32. The number of ether oxygens (including phenoxy) is 1. The predicted octanol–water partition coefficient (Wildman–Crippen LogP) is 1.43. The quantitative estimate of drug-likeness (QED) is 0.708. The van der Waals surface area contributed by atoms with Gasteiger partial charge in [-0.25, -0.2) is 4.79 Å². The van der Waals surface area contributed by atoms with E-state index in [0.717, 1.165) is 6.42 Å². The van der Waals surface area contributed by atoms with Crippen LogP contribution in [0.3, 0.4) is 0 Å². The summed E-state index contributed by atoms with van der Waals surface area (Å²) in [5.41, 5.74) is 1.00. The Morgan fingerprint density at radius 1 is 1.40 bits per heavy atom. The number of fused-ring (bicyclic) bond motifs is 1. The van der Waals surface area contributed by atoms with Crippen molar-refractivity contribution in [3.8, 4) is 0 Å². The van der Waals surface area contributed by atoms with Crippen molar-refractivity contribution in [3.05, 3.63) is 33.7 Å². The normalized spacial score (nSPS) is 24.5. The van der Waals surface area contributed by atoms with Gasteiger partial charge in [0.05, 0.1) is 5.56 Å². The molecule has 4 heteroatoms. The maximum absolute atomic E-state index is 11.6. The van der Waals surface area contributed by atoms with Gasteiger partial charge in [-0.3, -0.25) is 4.79 Å². The molecular weight excluding hydrogens is 194 g/mol. The molecule has 2 rings (SSSR count). The molecule has 0 aromatic carbocycles. The van der Waals surface area contributed by atoms with E-state index in [-0.39, 0.29) is 23.6 Å². The fraction of sp³-hybridized carbons (Fsp3) is 0.455. The molecule has 1 aliphatic heterocycles. The van der Waals surface area contributed by atoms with Crippen molar-refractivity contribution in [3.63, 3.8) is 0 Å². The van der Waals surface area contributed by atoms with Crippen molar-refractivity contribution in [1.82, 2.24) is 4.98 Å². The zero-order valence-corrected chi connectivity index (χ0v) is 8.74. The number of cyclic esters (lactones) is 1. The highest BCUT2D eigenvalue weighted by molar-refractivity contribution is 5.91. The molecule has 1 aromatic heterocycles. The van der Waals surface area contributed by atoms with E-state index in [1.165, 1.54) is 12.1 Å². The lowest BCUT2D eigenvalue weighted by Gasteiger charge is -2.29. The third-order valence-electron chi connectivity index (χ3n) is 2.84. The molecule has 1 aliphatic rings. The largest absolute Gasteiger partial charge is 0.458 e. The summed E-state index contributed by atoms with van der Waals surface area (Å²) in [5.74, 6) is -0.289. The molecule has 0 saturated heterocycles. The highest BCUT2D eigenvalue weighted by atomic mass is 16.5. The lowest BCUT2D eigenvalue weighted by atomic mass is 9.92. The van der Waals surface area contributed by atoms with Crippen molar-refractivity contribution < 1.29 is 9.53 Å². The average Bonchev–Trinajstić information content (AvgIpc) is 2.23. The van der Waals surface area contributed by atoms with E-state index in [1.807, 2.05) is 13.8 Å². The zero-order valence-electron chi connectivity index (χ0n) is 8.74. The van der Waals surface area contributed by atoms with Gasteiger partial charge in [-0.2, -0.15) is 0 Å².